The van der Waals surface area contributed by atoms with E-state index in [0.717, 1.165) is 15.6 Å². The van der Waals surface area contributed by atoms with Crippen molar-refractivity contribution in [1.82, 2.24) is 0 Å². The van der Waals surface area contributed by atoms with Crippen molar-refractivity contribution in [1.29, 1.82) is 0 Å². The van der Waals surface area contributed by atoms with E-state index in [0.29, 0.717) is 17.2 Å². The Hall–Kier alpha value is -2.54. The Bertz CT molecular complexity index is 810. The second-order valence-electron chi connectivity index (χ2n) is 5.61. The average Bonchev–Trinajstić information content (AvgIpc) is 2.62. The summed E-state index contributed by atoms with van der Waals surface area (Å²) in [6.07, 6.45) is 0. The highest BCUT2D eigenvalue weighted by molar-refractivity contribution is 9.10. The standard InChI is InChI=1S/C19H20BrNO5/c1-11-5-6-15(14(20)7-11)21-18(22)10-26-19(23)13-8-16(24-3)12(2)17(9-13)25-4/h5-9H,10H2,1-4H3,(H,21,22). The normalized spacial score (nSPS) is 10.2. The van der Waals surface area contributed by atoms with Crippen molar-refractivity contribution in [3.05, 3.63) is 51.5 Å². The molecule has 2 aromatic rings. The number of carbonyl (C=O) groups is 2. The summed E-state index contributed by atoms with van der Waals surface area (Å²) in [5, 5.41) is 2.69. The molecule has 0 radical (unpaired) electrons. The number of rotatable bonds is 6. The van der Waals surface area contributed by atoms with Crippen LogP contribution in [0.25, 0.3) is 0 Å². The third kappa shape index (κ3) is 4.76. The van der Waals surface area contributed by atoms with Crippen LogP contribution < -0.4 is 14.8 Å². The number of nitrogens with one attached hydrogen (secondary N) is 1. The van der Waals surface area contributed by atoms with Gasteiger partial charge in [0.15, 0.2) is 6.61 Å². The smallest absolute Gasteiger partial charge is 0.338 e. The summed E-state index contributed by atoms with van der Waals surface area (Å²) >= 11 is 3.38. The van der Waals surface area contributed by atoms with E-state index in [-0.39, 0.29) is 5.56 Å². The first kappa shape index (κ1) is 19.8. The zero-order valence-corrected chi connectivity index (χ0v) is 16.6. The highest BCUT2D eigenvalue weighted by Crippen LogP contribution is 2.29. The Morgan fingerprint density at radius 3 is 2.19 bits per heavy atom. The van der Waals surface area contributed by atoms with Crippen LogP contribution in [0, 0.1) is 13.8 Å². The van der Waals surface area contributed by atoms with Crippen molar-refractivity contribution >= 4 is 33.5 Å². The van der Waals surface area contributed by atoms with Crippen LogP contribution in [0.15, 0.2) is 34.8 Å². The fraction of sp³-hybridized carbons (Fsp3) is 0.263. The molecule has 1 N–H and O–H groups in total. The number of esters is 1. The van der Waals surface area contributed by atoms with E-state index in [1.54, 1.807) is 18.2 Å². The zero-order valence-electron chi connectivity index (χ0n) is 15.0. The Morgan fingerprint density at radius 1 is 1.04 bits per heavy atom. The summed E-state index contributed by atoms with van der Waals surface area (Å²) in [5.74, 6) is -0.0673. The number of benzene rings is 2. The first-order valence-corrected chi connectivity index (χ1v) is 8.60. The SMILES string of the molecule is COc1cc(C(=O)OCC(=O)Nc2ccc(C)cc2Br)cc(OC)c1C. The van der Waals surface area contributed by atoms with Crippen molar-refractivity contribution in [3.8, 4) is 11.5 Å². The van der Waals surface area contributed by atoms with Crippen LogP contribution in [0.2, 0.25) is 0 Å². The van der Waals surface area contributed by atoms with Gasteiger partial charge >= 0.3 is 5.97 Å². The van der Waals surface area contributed by atoms with Gasteiger partial charge in [-0.1, -0.05) is 6.07 Å². The lowest BCUT2D eigenvalue weighted by Gasteiger charge is -2.12. The average molecular weight is 422 g/mol. The number of ether oxygens (including phenoxy) is 3. The number of halogens is 1. The number of aryl methyl sites for hydroxylation is 1. The van der Waals surface area contributed by atoms with E-state index in [1.165, 1.54) is 14.2 Å². The van der Waals surface area contributed by atoms with Gasteiger partial charge in [-0.05, 0) is 59.6 Å². The molecule has 7 heteroatoms. The molecule has 0 bridgehead atoms. The second kappa shape index (κ2) is 8.71. The lowest BCUT2D eigenvalue weighted by molar-refractivity contribution is -0.119. The molecule has 0 heterocycles. The molecule has 0 aliphatic rings. The highest BCUT2D eigenvalue weighted by atomic mass is 79.9. The van der Waals surface area contributed by atoms with Gasteiger partial charge in [0, 0.05) is 10.0 Å². The molecule has 0 spiro atoms. The molecule has 0 atom stereocenters. The van der Waals surface area contributed by atoms with Gasteiger partial charge in [0.25, 0.3) is 5.91 Å². The quantitative estimate of drug-likeness (QED) is 0.716. The van der Waals surface area contributed by atoms with Gasteiger partial charge in [0.2, 0.25) is 0 Å². The third-order valence-corrected chi connectivity index (χ3v) is 4.38. The zero-order chi connectivity index (χ0) is 19.3. The number of hydrogen-bond acceptors (Lipinski definition) is 5. The Kier molecular flexibility index (Phi) is 6.63. The second-order valence-corrected chi connectivity index (χ2v) is 6.47. The van der Waals surface area contributed by atoms with E-state index >= 15 is 0 Å². The van der Waals surface area contributed by atoms with Gasteiger partial charge in [0.1, 0.15) is 11.5 Å². The van der Waals surface area contributed by atoms with Crippen LogP contribution in [-0.4, -0.2) is 32.7 Å². The molecule has 0 aliphatic heterocycles. The maximum atomic E-state index is 12.2. The molecule has 2 aromatic carbocycles. The molecule has 0 unspecified atom stereocenters. The molecule has 26 heavy (non-hydrogen) atoms. The third-order valence-electron chi connectivity index (χ3n) is 3.72. The van der Waals surface area contributed by atoms with Crippen LogP contribution in [0.1, 0.15) is 21.5 Å². The Morgan fingerprint density at radius 2 is 1.65 bits per heavy atom. The maximum Gasteiger partial charge on any atom is 0.338 e. The molecule has 0 aromatic heterocycles. The summed E-state index contributed by atoms with van der Waals surface area (Å²) in [7, 11) is 3.01. The van der Waals surface area contributed by atoms with Crippen molar-refractivity contribution in [2.24, 2.45) is 0 Å². The van der Waals surface area contributed by atoms with Gasteiger partial charge in [-0.2, -0.15) is 0 Å². The van der Waals surface area contributed by atoms with E-state index < -0.39 is 18.5 Å². The minimum Gasteiger partial charge on any atom is -0.496 e. The lowest BCUT2D eigenvalue weighted by atomic mass is 10.1. The van der Waals surface area contributed by atoms with Crippen LogP contribution >= 0.6 is 15.9 Å². The lowest BCUT2D eigenvalue weighted by Crippen LogP contribution is -2.21. The molecule has 6 nitrogen and oxygen atoms in total. The molecular formula is C19H20BrNO5. The van der Waals surface area contributed by atoms with Crippen molar-refractivity contribution in [2.45, 2.75) is 13.8 Å². The first-order chi connectivity index (χ1) is 12.3. The number of anilines is 1. The molecule has 1 amide bonds. The summed E-state index contributed by atoms with van der Waals surface area (Å²) in [6, 6.07) is 8.63. The molecule has 0 fully saturated rings. The number of methoxy groups -OCH3 is 2. The van der Waals surface area contributed by atoms with Crippen LogP contribution in [0.5, 0.6) is 11.5 Å². The van der Waals surface area contributed by atoms with E-state index in [2.05, 4.69) is 21.2 Å². The molecule has 138 valence electrons. The predicted molar refractivity (Wildman–Crippen MR) is 102 cm³/mol. The minimum absolute atomic E-state index is 0.244. The largest absolute Gasteiger partial charge is 0.496 e. The molecule has 0 aliphatic carbocycles. The topological polar surface area (TPSA) is 73.9 Å². The summed E-state index contributed by atoms with van der Waals surface area (Å²) in [4.78, 5) is 24.3. The van der Waals surface area contributed by atoms with E-state index in [9.17, 15) is 9.59 Å². The Balaban J connectivity index is 2.03. The fourth-order valence-electron chi connectivity index (χ4n) is 2.33. The van der Waals surface area contributed by atoms with Crippen LogP contribution in [0.3, 0.4) is 0 Å². The van der Waals surface area contributed by atoms with Crippen LogP contribution in [-0.2, 0) is 9.53 Å². The summed E-state index contributed by atoms with van der Waals surface area (Å²) in [5.41, 5.74) is 2.68. The van der Waals surface area contributed by atoms with Gasteiger partial charge in [-0.15, -0.1) is 0 Å². The highest BCUT2D eigenvalue weighted by Gasteiger charge is 2.16. The van der Waals surface area contributed by atoms with E-state index in [1.807, 2.05) is 26.0 Å². The number of amides is 1. The molecule has 0 saturated carbocycles. The van der Waals surface area contributed by atoms with Crippen LogP contribution in [0.4, 0.5) is 5.69 Å². The fourth-order valence-corrected chi connectivity index (χ4v) is 2.92. The molecule has 2 rings (SSSR count). The van der Waals surface area contributed by atoms with Crippen molar-refractivity contribution in [2.75, 3.05) is 26.1 Å². The summed E-state index contributed by atoms with van der Waals surface area (Å²) in [6.45, 7) is 3.36. The van der Waals surface area contributed by atoms with Gasteiger partial charge in [0.05, 0.1) is 25.5 Å². The predicted octanol–water partition coefficient (Wildman–Crippen LogP) is 3.88. The summed E-state index contributed by atoms with van der Waals surface area (Å²) < 4.78 is 16.3. The molecular weight excluding hydrogens is 402 g/mol. The van der Waals surface area contributed by atoms with Gasteiger partial charge in [-0.25, -0.2) is 4.79 Å². The first-order valence-electron chi connectivity index (χ1n) is 7.81. The minimum atomic E-state index is -0.639. The molecule has 0 saturated heterocycles. The number of carbonyl (C=O) groups excluding carboxylic acids is 2. The van der Waals surface area contributed by atoms with Gasteiger partial charge in [-0.3, -0.25) is 4.79 Å². The van der Waals surface area contributed by atoms with Crippen molar-refractivity contribution in [3.63, 3.8) is 0 Å². The monoisotopic (exact) mass is 421 g/mol. The number of hydrogen-bond donors (Lipinski definition) is 1. The maximum absolute atomic E-state index is 12.2. The van der Waals surface area contributed by atoms with Gasteiger partial charge < -0.3 is 19.5 Å². The van der Waals surface area contributed by atoms with Crippen molar-refractivity contribution < 1.29 is 23.8 Å². The van der Waals surface area contributed by atoms with E-state index in [4.69, 9.17) is 14.2 Å². The Labute approximate surface area is 160 Å².